The summed E-state index contributed by atoms with van der Waals surface area (Å²) in [5, 5.41) is 6.58. The summed E-state index contributed by atoms with van der Waals surface area (Å²) in [6.07, 6.45) is 1.09. The van der Waals surface area contributed by atoms with Crippen molar-refractivity contribution in [3.63, 3.8) is 0 Å². The van der Waals surface area contributed by atoms with Gasteiger partial charge in [0, 0.05) is 31.1 Å². The Morgan fingerprint density at radius 1 is 1.10 bits per heavy atom. The first kappa shape index (κ1) is 19.4. The molecule has 3 aromatic rings. The number of amides is 3. The minimum Gasteiger partial charge on any atom is -0.339 e. The molecular formula is C21H17FN4O4. The fraction of sp³-hybridized carbons (Fsp3) is 0.190. The van der Waals surface area contributed by atoms with E-state index in [1.807, 2.05) is 0 Å². The van der Waals surface area contributed by atoms with E-state index in [0.29, 0.717) is 41.4 Å². The first-order chi connectivity index (χ1) is 14.4. The van der Waals surface area contributed by atoms with Crippen molar-refractivity contribution in [2.24, 2.45) is 0 Å². The number of rotatable bonds is 6. The predicted octanol–water partition coefficient (Wildman–Crippen LogP) is 3.06. The molecule has 0 unspecified atom stereocenters. The number of aryl methyl sites for hydroxylation is 1. The van der Waals surface area contributed by atoms with Gasteiger partial charge in [0.25, 0.3) is 11.8 Å². The molecule has 1 N–H and O–H groups in total. The summed E-state index contributed by atoms with van der Waals surface area (Å²) in [7, 11) is 1.42. The molecule has 0 fully saturated rings. The van der Waals surface area contributed by atoms with Crippen molar-refractivity contribution in [3.05, 3.63) is 65.3 Å². The average Bonchev–Trinajstić information content (AvgIpc) is 3.28. The number of imide groups is 1. The predicted molar refractivity (Wildman–Crippen MR) is 104 cm³/mol. The molecule has 30 heavy (non-hydrogen) atoms. The zero-order valence-corrected chi connectivity index (χ0v) is 16.0. The van der Waals surface area contributed by atoms with Gasteiger partial charge in [0.2, 0.25) is 17.6 Å². The van der Waals surface area contributed by atoms with Crippen molar-refractivity contribution in [3.8, 4) is 11.4 Å². The Labute approximate surface area is 170 Å². The molecule has 0 atom stereocenters. The lowest BCUT2D eigenvalue weighted by atomic mass is 10.1. The highest BCUT2D eigenvalue weighted by Gasteiger charge is 2.32. The van der Waals surface area contributed by atoms with Gasteiger partial charge < -0.3 is 9.84 Å². The third-order valence-corrected chi connectivity index (χ3v) is 4.74. The molecule has 8 nitrogen and oxygen atoms in total. The highest BCUT2D eigenvalue weighted by molar-refractivity contribution is 6.21. The minimum absolute atomic E-state index is 0.206. The molecule has 3 amide bonds. The summed E-state index contributed by atoms with van der Waals surface area (Å²) >= 11 is 0. The van der Waals surface area contributed by atoms with Crippen molar-refractivity contribution in [2.45, 2.75) is 19.3 Å². The van der Waals surface area contributed by atoms with E-state index in [9.17, 15) is 18.8 Å². The Bertz CT molecular complexity index is 1140. The number of benzene rings is 2. The fourth-order valence-electron chi connectivity index (χ4n) is 3.14. The van der Waals surface area contributed by atoms with Gasteiger partial charge >= 0.3 is 0 Å². The van der Waals surface area contributed by atoms with E-state index in [0.717, 1.165) is 4.90 Å². The lowest BCUT2D eigenvalue weighted by molar-refractivity contribution is -0.116. The quantitative estimate of drug-likeness (QED) is 0.629. The summed E-state index contributed by atoms with van der Waals surface area (Å²) in [6, 6.07) is 10.4. The van der Waals surface area contributed by atoms with E-state index in [1.165, 1.54) is 31.3 Å². The molecule has 0 saturated heterocycles. The van der Waals surface area contributed by atoms with Crippen molar-refractivity contribution in [1.29, 1.82) is 0 Å². The van der Waals surface area contributed by atoms with Crippen molar-refractivity contribution < 1.29 is 23.3 Å². The van der Waals surface area contributed by atoms with Gasteiger partial charge in [-0.1, -0.05) is 5.16 Å². The number of fused-ring (bicyclic) bond motifs is 1. The Morgan fingerprint density at radius 3 is 2.60 bits per heavy atom. The molecule has 0 bridgehead atoms. The maximum atomic E-state index is 13.0. The molecule has 2 heterocycles. The van der Waals surface area contributed by atoms with Crippen molar-refractivity contribution in [1.82, 2.24) is 15.0 Å². The van der Waals surface area contributed by atoms with Gasteiger partial charge in [-0.2, -0.15) is 4.98 Å². The van der Waals surface area contributed by atoms with Gasteiger partial charge in [0.1, 0.15) is 5.82 Å². The molecule has 1 aliphatic heterocycles. The van der Waals surface area contributed by atoms with Gasteiger partial charge in [-0.3, -0.25) is 19.3 Å². The van der Waals surface area contributed by atoms with Gasteiger partial charge in [0.05, 0.1) is 11.1 Å². The smallest absolute Gasteiger partial charge is 0.261 e. The monoisotopic (exact) mass is 408 g/mol. The maximum Gasteiger partial charge on any atom is 0.261 e. The highest BCUT2D eigenvalue weighted by Crippen LogP contribution is 2.25. The summed E-state index contributed by atoms with van der Waals surface area (Å²) < 4.78 is 18.2. The van der Waals surface area contributed by atoms with Crippen molar-refractivity contribution >= 4 is 23.4 Å². The topological polar surface area (TPSA) is 105 Å². The summed E-state index contributed by atoms with van der Waals surface area (Å²) in [5.41, 5.74) is 1.69. The summed E-state index contributed by atoms with van der Waals surface area (Å²) in [6.45, 7) is 0. The van der Waals surface area contributed by atoms with Crippen LogP contribution in [0.15, 0.2) is 47.0 Å². The second-order valence-electron chi connectivity index (χ2n) is 6.85. The second-order valence-corrected chi connectivity index (χ2v) is 6.85. The van der Waals surface area contributed by atoms with Crippen LogP contribution in [-0.2, 0) is 11.2 Å². The lowest BCUT2D eigenvalue weighted by Crippen LogP contribution is -2.24. The summed E-state index contributed by atoms with van der Waals surface area (Å²) in [4.78, 5) is 41.4. The van der Waals surface area contributed by atoms with Gasteiger partial charge in [-0.05, 0) is 48.9 Å². The van der Waals surface area contributed by atoms with Crippen LogP contribution in [-0.4, -0.2) is 39.8 Å². The number of aromatic nitrogens is 2. The van der Waals surface area contributed by atoms with Gasteiger partial charge in [0.15, 0.2) is 0 Å². The van der Waals surface area contributed by atoms with E-state index >= 15 is 0 Å². The third-order valence-electron chi connectivity index (χ3n) is 4.74. The first-order valence-electron chi connectivity index (χ1n) is 9.27. The number of nitrogens with one attached hydrogen (secondary N) is 1. The molecule has 0 saturated carbocycles. The van der Waals surface area contributed by atoms with Crippen LogP contribution in [0.2, 0.25) is 0 Å². The zero-order valence-electron chi connectivity index (χ0n) is 16.0. The number of halogens is 1. The highest BCUT2D eigenvalue weighted by atomic mass is 19.1. The largest absolute Gasteiger partial charge is 0.339 e. The van der Waals surface area contributed by atoms with E-state index in [4.69, 9.17) is 4.52 Å². The molecule has 9 heteroatoms. The number of carbonyl (C=O) groups is 3. The Hall–Kier alpha value is -3.88. The van der Waals surface area contributed by atoms with Crippen molar-refractivity contribution in [2.75, 3.05) is 12.4 Å². The van der Waals surface area contributed by atoms with Crippen LogP contribution in [0.25, 0.3) is 11.4 Å². The molecule has 2 aromatic carbocycles. The van der Waals surface area contributed by atoms with E-state index in [-0.39, 0.29) is 35.5 Å². The van der Waals surface area contributed by atoms with Crippen LogP contribution in [0.4, 0.5) is 10.1 Å². The van der Waals surface area contributed by atoms with Crippen LogP contribution in [0, 0.1) is 5.82 Å². The van der Waals surface area contributed by atoms with Crippen LogP contribution < -0.4 is 5.32 Å². The number of nitrogens with zero attached hydrogens (tertiary/aromatic N) is 3. The standard InChI is InChI=1S/C21H17FN4O4/c1-26-20(28)15-10-9-14(11-16(15)21(26)29)23-17(27)3-2-4-18-24-19(25-30-18)12-5-7-13(22)8-6-12/h5-11H,2-4H2,1H3,(H,23,27). The molecule has 4 rings (SSSR count). The maximum absolute atomic E-state index is 13.0. The second kappa shape index (κ2) is 7.86. The molecule has 1 aromatic heterocycles. The molecular weight excluding hydrogens is 391 g/mol. The molecule has 152 valence electrons. The molecule has 0 aliphatic carbocycles. The van der Waals surface area contributed by atoms with E-state index in [2.05, 4.69) is 15.5 Å². The number of anilines is 1. The van der Waals surface area contributed by atoms with Gasteiger partial charge in [-0.15, -0.1) is 0 Å². The molecule has 0 spiro atoms. The third kappa shape index (κ3) is 3.82. The SMILES string of the molecule is CN1C(=O)c2ccc(NC(=O)CCCc3nc(-c4ccc(F)cc4)no3)cc2C1=O. The minimum atomic E-state index is -0.389. The number of hydrogen-bond acceptors (Lipinski definition) is 6. The number of carbonyl (C=O) groups excluding carboxylic acids is 3. The lowest BCUT2D eigenvalue weighted by Gasteiger charge is -2.05. The van der Waals surface area contributed by atoms with E-state index < -0.39 is 0 Å². The van der Waals surface area contributed by atoms with E-state index in [1.54, 1.807) is 18.2 Å². The molecule has 0 radical (unpaired) electrons. The van der Waals surface area contributed by atoms with Crippen LogP contribution in [0.5, 0.6) is 0 Å². The van der Waals surface area contributed by atoms with Crippen LogP contribution >= 0.6 is 0 Å². The average molecular weight is 408 g/mol. The Morgan fingerprint density at radius 2 is 1.83 bits per heavy atom. The Balaban J connectivity index is 1.31. The van der Waals surface area contributed by atoms with Crippen LogP contribution in [0.3, 0.4) is 0 Å². The number of hydrogen-bond donors (Lipinski definition) is 1. The fourth-order valence-corrected chi connectivity index (χ4v) is 3.14. The Kier molecular flexibility index (Phi) is 5.09. The normalized spacial score (nSPS) is 12.9. The van der Waals surface area contributed by atoms with Crippen LogP contribution in [0.1, 0.15) is 39.4 Å². The van der Waals surface area contributed by atoms with Gasteiger partial charge in [-0.25, -0.2) is 4.39 Å². The summed E-state index contributed by atoms with van der Waals surface area (Å²) in [5.74, 6) is -0.589. The first-order valence-corrected chi connectivity index (χ1v) is 9.27. The zero-order chi connectivity index (χ0) is 21.3. The molecule has 1 aliphatic rings.